The Hall–Kier alpha value is -1.35. The Balaban J connectivity index is 2.70. The van der Waals surface area contributed by atoms with E-state index in [1.165, 1.54) is 7.11 Å². The number of hydrogen-bond acceptors (Lipinski definition) is 3. The van der Waals surface area contributed by atoms with Gasteiger partial charge in [-0.1, -0.05) is 26.0 Å². The van der Waals surface area contributed by atoms with Gasteiger partial charge in [-0.05, 0) is 18.1 Å². The SMILES string of the molecule is COOc1ccccc1/C=N/CC(C)C. The van der Waals surface area contributed by atoms with Crippen LogP contribution in [0.4, 0.5) is 0 Å². The van der Waals surface area contributed by atoms with Crippen LogP contribution in [0.2, 0.25) is 0 Å². The highest BCUT2D eigenvalue weighted by atomic mass is 17.2. The summed E-state index contributed by atoms with van der Waals surface area (Å²) >= 11 is 0. The summed E-state index contributed by atoms with van der Waals surface area (Å²) in [5.41, 5.74) is 0.931. The van der Waals surface area contributed by atoms with Gasteiger partial charge in [0.15, 0.2) is 5.75 Å². The molecule has 0 aliphatic rings. The van der Waals surface area contributed by atoms with Gasteiger partial charge in [0.1, 0.15) is 0 Å². The van der Waals surface area contributed by atoms with E-state index in [1.807, 2.05) is 30.5 Å². The molecule has 0 bridgehead atoms. The Morgan fingerprint density at radius 3 is 2.73 bits per heavy atom. The van der Waals surface area contributed by atoms with E-state index < -0.39 is 0 Å². The lowest BCUT2D eigenvalue weighted by Crippen LogP contribution is -1.97. The molecule has 3 nitrogen and oxygen atoms in total. The molecule has 1 rings (SSSR count). The Morgan fingerprint density at radius 2 is 2.07 bits per heavy atom. The quantitative estimate of drug-likeness (QED) is 0.422. The molecule has 1 aromatic carbocycles. The summed E-state index contributed by atoms with van der Waals surface area (Å²) in [5.74, 6) is 1.25. The van der Waals surface area contributed by atoms with E-state index in [1.54, 1.807) is 0 Å². The molecule has 0 fully saturated rings. The maximum Gasteiger partial charge on any atom is 0.174 e. The fraction of sp³-hybridized carbons (Fsp3) is 0.417. The summed E-state index contributed by atoms with van der Waals surface area (Å²) in [6.07, 6.45) is 1.81. The van der Waals surface area contributed by atoms with Crippen molar-refractivity contribution < 1.29 is 9.78 Å². The van der Waals surface area contributed by atoms with Crippen molar-refractivity contribution in [3.8, 4) is 5.75 Å². The van der Waals surface area contributed by atoms with Crippen LogP contribution in [0.5, 0.6) is 5.75 Å². The number of para-hydroxylation sites is 1. The monoisotopic (exact) mass is 207 g/mol. The fourth-order valence-electron chi connectivity index (χ4n) is 1.11. The lowest BCUT2D eigenvalue weighted by Gasteiger charge is -2.04. The van der Waals surface area contributed by atoms with Gasteiger partial charge in [-0.25, -0.2) is 0 Å². The third-order valence-electron chi connectivity index (χ3n) is 1.79. The van der Waals surface area contributed by atoms with Gasteiger partial charge in [0.2, 0.25) is 0 Å². The molecule has 0 radical (unpaired) electrons. The van der Waals surface area contributed by atoms with E-state index >= 15 is 0 Å². The van der Waals surface area contributed by atoms with Crippen molar-refractivity contribution in [1.29, 1.82) is 0 Å². The molecule has 0 spiro atoms. The Labute approximate surface area is 90.7 Å². The predicted molar refractivity (Wildman–Crippen MR) is 61.4 cm³/mol. The minimum absolute atomic E-state index is 0.566. The molecule has 0 heterocycles. The largest absolute Gasteiger partial charge is 0.337 e. The summed E-state index contributed by atoms with van der Waals surface area (Å²) in [4.78, 5) is 14.0. The minimum atomic E-state index is 0.566. The first kappa shape index (κ1) is 11.7. The van der Waals surface area contributed by atoms with Crippen LogP contribution >= 0.6 is 0 Å². The molecular formula is C12H17NO2. The first-order valence-electron chi connectivity index (χ1n) is 5.03. The van der Waals surface area contributed by atoms with Gasteiger partial charge in [0.05, 0.1) is 7.11 Å². The van der Waals surface area contributed by atoms with Gasteiger partial charge in [-0.15, -0.1) is 0 Å². The topological polar surface area (TPSA) is 30.8 Å². The predicted octanol–water partition coefficient (Wildman–Crippen LogP) is 2.70. The standard InChI is InChI=1S/C12H17NO2/c1-10(2)8-13-9-11-6-4-5-7-12(11)15-14-3/h4-7,9-10H,8H2,1-3H3/b13-9+. The highest BCUT2D eigenvalue weighted by molar-refractivity contribution is 5.83. The van der Waals surface area contributed by atoms with E-state index in [-0.39, 0.29) is 0 Å². The van der Waals surface area contributed by atoms with Crippen LogP contribution in [0.25, 0.3) is 0 Å². The molecule has 0 amide bonds. The molecule has 0 aromatic heterocycles. The first-order chi connectivity index (χ1) is 7.24. The van der Waals surface area contributed by atoms with E-state index in [0.717, 1.165) is 12.1 Å². The second-order valence-corrected chi connectivity index (χ2v) is 3.68. The normalized spacial score (nSPS) is 11.2. The summed E-state index contributed by atoms with van der Waals surface area (Å²) in [5, 5.41) is 0. The summed E-state index contributed by atoms with van der Waals surface area (Å²) in [6, 6.07) is 7.63. The van der Waals surface area contributed by atoms with Gasteiger partial charge in [-0.3, -0.25) is 4.99 Å². The smallest absolute Gasteiger partial charge is 0.174 e. The second-order valence-electron chi connectivity index (χ2n) is 3.68. The zero-order valence-electron chi connectivity index (χ0n) is 9.43. The first-order valence-corrected chi connectivity index (χ1v) is 5.03. The molecule has 0 aliphatic carbocycles. The van der Waals surface area contributed by atoms with Gasteiger partial charge in [0.25, 0.3) is 0 Å². The zero-order chi connectivity index (χ0) is 11.1. The minimum Gasteiger partial charge on any atom is -0.337 e. The van der Waals surface area contributed by atoms with Crippen molar-refractivity contribution in [3.63, 3.8) is 0 Å². The molecule has 0 saturated carbocycles. The van der Waals surface area contributed by atoms with Crippen molar-refractivity contribution in [2.24, 2.45) is 10.9 Å². The van der Waals surface area contributed by atoms with Crippen molar-refractivity contribution in [3.05, 3.63) is 29.8 Å². The lowest BCUT2D eigenvalue weighted by molar-refractivity contribution is -0.178. The maximum atomic E-state index is 5.00. The van der Waals surface area contributed by atoms with Gasteiger partial charge in [-0.2, -0.15) is 4.89 Å². The van der Waals surface area contributed by atoms with E-state index in [2.05, 4.69) is 23.7 Å². The Morgan fingerprint density at radius 1 is 1.33 bits per heavy atom. The van der Waals surface area contributed by atoms with Crippen LogP contribution in [0.3, 0.4) is 0 Å². The van der Waals surface area contributed by atoms with Crippen LogP contribution in [-0.4, -0.2) is 19.9 Å². The Bertz CT molecular complexity index is 321. The number of benzene rings is 1. The molecule has 0 atom stereocenters. The average molecular weight is 207 g/mol. The Kier molecular flexibility index (Phi) is 4.84. The molecule has 82 valence electrons. The number of rotatable bonds is 5. The third kappa shape index (κ3) is 4.13. The molecule has 15 heavy (non-hydrogen) atoms. The molecular weight excluding hydrogens is 190 g/mol. The van der Waals surface area contributed by atoms with Crippen molar-refractivity contribution in [2.75, 3.05) is 13.7 Å². The van der Waals surface area contributed by atoms with Crippen molar-refractivity contribution >= 4 is 6.21 Å². The van der Waals surface area contributed by atoms with Crippen LogP contribution in [-0.2, 0) is 4.89 Å². The number of hydrogen-bond donors (Lipinski definition) is 0. The van der Waals surface area contributed by atoms with Crippen LogP contribution in [0.1, 0.15) is 19.4 Å². The third-order valence-corrected chi connectivity index (χ3v) is 1.79. The van der Waals surface area contributed by atoms with Crippen LogP contribution < -0.4 is 4.89 Å². The molecule has 0 unspecified atom stereocenters. The number of nitrogens with zero attached hydrogens (tertiary/aromatic N) is 1. The highest BCUT2D eigenvalue weighted by Gasteiger charge is 2.00. The summed E-state index contributed by atoms with van der Waals surface area (Å²) < 4.78 is 0. The van der Waals surface area contributed by atoms with Gasteiger partial charge in [0, 0.05) is 18.3 Å². The van der Waals surface area contributed by atoms with Crippen molar-refractivity contribution in [1.82, 2.24) is 0 Å². The molecule has 0 saturated heterocycles. The summed E-state index contributed by atoms with van der Waals surface area (Å²) in [6.45, 7) is 5.09. The average Bonchev–Trinajstić information content (AvgIpc) is 2.20. The number of aliphatic imine (C=N–C) groups is 1. The lowest BCUT2D eigenvalue weighted by atomic mass is 10.2. The van der Waals surface area contributed by atoms with E-state index in [0.29, 0.717) is 11.7 Å². The highest BCUT2D eigenvalue weighted by Crippen LogP contribution is 2.15. The molecule has 0 N–H and O–H groups in total. The van der Waals surface area contributed by atoms with Crippen LogP contribution in [0, 0.1) is 5.92 Å². The zero-order valence-corrected chi connectivity index (χ0v) is 9.43. The molecule has 0 aliphatic heterocycles. The molecule has 1 aromatic rings. The van der Waals surface area contributed by atoms with Crippen LogP contribution in [0.15, 0.2) is 29.3 Å². The molecule has 3 heteroatoms. The van der Waals surface area contributed by atoms with Gasteiger partial charge < -0.3 is 4.89 Å². The fourth-order valence-corrected chi connectivity index (χ4v) is 1.11. The van der Waals surface area contributed by atoms with E-state index in [4.69, 9.17) is 4.89 Å². The van der Waals surface area contributed by atoms with Crippen molar-refractivity contribution in [2.45, 2.75) is 13.8 Å². The summed E-state index contributed by atoms with van der Waals surface area (Å²) in [7, 11) is 1.49. The maximum absolute atomic E-state index is 5.00. The van der Waals surface area contributed by atoms with E-state index in [9.17, 15) is 0 Å². The second kappa shape index (κ2) is 6.19. The van der Waals surface area contributed by atoms with Gasteiger partial charge >= 0.3 is 0 Å².